The fourth-order valence-corrected chi connectivity index (χ4v) is 4.47. The predicted octanol–water partition coefficient (Wildman–Crippen LogP) is 5.35. The molecular formula is C28H27FN6O. The van der Waals surface area contributed by atoms with Crippen molar-refractivity contribution >= 4 is 22.6 Å². The summed E-state index contributed by atoms with van der Waals surface area (Å²) >= 11 is 0. The van der Waals surface area contributed by atoms with Gasteiger partial charge >= 0.3 is 0 Å². The smallest absolute Gasteiger partial charge is 0.246 e. The lowest BCUT2D eigenvalue weighted by Gasteiger charge is -2.08. The van der Waals surface area contributed by atoms with Gasteiger partial charge < -0.3 is 5.32 Å². The Labute approximate surface area is 208 Å². The molecule has 0 saturated heterocycles. The van der Waals surface area contributed by atoms with Crippen molar-refractivity contribution in [3.05, 3.63) is 94.8 Å². The molecule has 0 unspecified atom stereocenters. The number of aryl methyl sites for hydroxylation is 3. The first-order chi connectivity index (χ1) is 17.3. The van der Waals surface area contributed by atoms with Gasteiger partial charge in [0.25, 0.3) is 0 Å². The lowest BCUT2D eigenvalue weighted by molar-refractivity contribution is -0.116. The molecule has 3 heterocycles. The first kappa shape index (κ1) is 23.4. The van der Waals surface area contributed by atoms with Crippen LogP contribution in [0.2, 0.25) is 0 Å². The van der Waals surface area contributed by atoms with Crippen molar-refractivity contribution in [1.82, 2.24) is 24.5 Å². The van der Waals surface area contributed by atoms with E-state index in [1.165, 1.54) is 17.7 Å². The molecule has 5 aromatic rings. The zero-order chi connectivity index (χ0) is 25.4. The standard InChI is InChI=1S/C28H27FN6O/c1-17-5-7-21(8-6-17)15-34-20(4)27(19(3)33-34)31-25(36)16-35-28-26(18(2)32-35)24(13-14-30-28)22-9-11-23(29)12-10-22/h5-14H,15-16H2,1-4H3,(H,31,36). The van der Waals surface area contributed by atoms with Gasteiger partial charge in [0.1, 0.15) is 12.4 Å². The molecule has 36 heavy (non-hydrogen) atoms. The van der Waals surface area contributed by atoms with Crippen LogP contribution >= 0.6 is 0 Å². The Balaban J connectivity index is 1.38. The van der Waals surface area contributed by atoms with E-state index in [2.05, 4.69) is 51.7 Å². The van der Waals surface area contributed by atoms with Gasteiger partial charge in [-0.3, -0.25) is 9.48 Å². The molecule has 0 aliphatic carbocycles. The molecule has 0 saturated carbocycles. The highest BCUT2D eigenvalue weighted by Gasteiger charge is 2.18. The van der Waals surface area contributed by atoms with Gasteiger partial charge in [0.15, 0.2) is 5.65 Å². The first-order valence-corrected chi connectivity index (χ1v) is 11.8. The summed E-state index contributed by atoms with van der Waals surface area (Å²) in [7, 11) is 0. The summed E-state index contributed by atoms with van der Waals surface area (Å²) < 4.78 is 16.9. The summed E-state index contributed by atoms with van der Waals surface area (Å²) in [5, 5.41) is 13.1. The van der Waals surface area contributed by atoms with Gasteiger partial charge in [-0.1, -0.05) is 42.0 Å². The minimum absolute atomic E-state index is 0.00618. The zero-order valence-corrected chi connectivity index (χ0v) is 20.7. The van der Waals surface area contributed by atoms with Crippen molar-refractivity contribution in [2.45, 2.75) is 40.8 Å². The number of pyridine rings is 1. The van der Waals surface area contributed by atoms with Crippen molar-refractivity contribution in [1.29, 1.82) is 0 Å². The van der Waals surface area contributed by atoms with Crippen molar-refractivity contribution in [2.75, 3.05) is 5.32 Å². The summed E-state index contributed by atoms with van der Waals surface area (Å²) in [6, 6.07) is 16.5. The van der Waals surface area contributed by atoms with Crippen LogP contribution in [-0.4, -0.2) is 30.5 Å². The Morgan fingerprint density at radius 2 is 1.58 bits per heavy atom. The van der Waals surface area contributed by atoms with E-state index in [0.717, 1.165) is 39.2 Å². The Hall–Kier alpha value is -4.33. The highest BCUT2D eigenvalue weighted by Crippen LogP contribution is 2.30. The summed E-state index contributed by atoms with van der Waals surface area (Å²) in [6.07, 6.45) is 1.68. The predicted molar refractivity (Wildman–Crippen MR) is 138 cm³/mol. The number of fused-ring (bicyclic) bond motifs is 1. The average Bonchev–Trinajstić information content (AvgIpc) is 3.31. The van der Waals surface area contributed by atoms with Crippen molar-refractivity contribution in [3.63, 3.8) is 0 Å². The summed E-state index contributed by atoms with van der Waals surface area (Å²) in [5.41, 5.74) is 7.82. The molecule has 0 radical (unpaired) electrons. The fraction of sp³-hybridized carbons (Fsp3) is 0.214. The molecule has 1 amide bonds. The third-order valence-electron chi connectivity index (χ3n) is 6.36. The van der Waals surface area contributed by atoms with E-state index in [0.29, 0.717) is 17.9 Å². The monoisotopic (exact) mass is 482 g/mol. The van der Waals surface area contributed by atoms with E-state index in [9.17, 15) is 9.18 Å². The van der Waals surface area contributed by atoms with E-state index in [-0.39, 0.29) is 18.3 Å². The Kier molecular flexibility index (Phi) is 6.10. The highest BCUT2D eigenvalue weighted by molar-refractivity contribution is 5.96. The van der Waals surface area contributed by atoms with Crippen molar-refractivity contribution in [2.24, 2.45) is 0 Å². The van der Waals surface area contributed by atoms with Crippen LogP contribution in [-0.2, 0) is 17.9 Å². The number of carbonyl (C=O) groups is 1. The minimum atomic E-state index is -0.291. The van der Waals surface area contributed by atoms with Crippen LogP contribution in [0.25, 0.3) is 22.2 Å². The molecule has 8 heteroatoms. The van der Waals surface area contributed by atoms with E-state index in [1.807, 2.05) is 31.5 Å². The summed E-state index contributed by atoms with van der Waals surface area (Å²) in [5.74, 6) is -0.504. The van der Waals surface area contributed by atoms with Crippen molar-refractivity contribution in [3.8, 4) is 11.1 Å². The number of nitrogens with one attached hydrogen (secondary N) is 1. The van der Waals surface area contributed by atoms with E-state index < -0.39 is 0 Å². The first-order valence-electron chi connectivity index (χ1n) is 11.8. The van der Waals surface area contributed by atoms with Gasteiger partial charge in [-0.2, -0.15) is 10.2 Å². The van der Waals surface area contributed by atoms with E-state index >= 15 is 0 Å². The molecular weight excluding hydrogens is 455 g/mol. The normalized spacial score (nSPS) is 11.2. The Morgan fingerprint density at radius 1 is 0.889 bits per heavy atom. The molecule has 182 valence electrons. The second-order valence-electron chi connectivity index (χ2n) is 9.04. The van der Waals surface area contributed by atoms with Crippen LogP contribution in [0.1, 0.15) is 28.2 Å². The molecule has 2 aromatic carbocycles. The molecule has 0 spiro atoms. The molecule has 5 rings (SSSR count). The number of aromatic nitrogens is 5. The van der Waals surface area contributed by atoms with Gasteiger partial charge in [0, 0.05) is 11.6 Å². The molecule has 0 atom stereocenters. The molecule has 1 N–H and O–H groups in total. The number of hydrogen-bond donors (Lipinski definition) is 1. The summed E-state index contributed by atoms with van der Waals surface area (Å²) in [6.45, 7) is 8.42. The van der Waals surface area contributed by atoms with Crippen LogP contribution < -0.4 is 5.32 Å². The maximum atomic E-state index is 13.4. The quantitative estimate of drug-likeness (QED) is 0.354. The lowest BCUT2D eigenvalue weighted by Crippen LogP contribution is -2.20. The van der Waals surface area contributed by atoms with Gasteiger partial charge in [-0.15, -0.1) is 0 Å². The number of hydrogen-bond acceptors (Lipinski definition) is 4. The number of anilines is 1. The average molecular weight is 483 g/mol. The SMILES string of the molecule is Cc1ccc(Cn2nc(C)c(NC(=O)Cn3nc(C)c4c(-c5ccc(F)cc5)ccnc43)c2C)cc1. The lowest BCUT2D eigenvalue weighted by atomic mass is 10.0. The minimum Gasteiger partial charge on any atom is -0.321 e. The van der Waals surface area contributed by atoms with Crippen molar-refractivity contribution < 1.29 is 9.18 Å². The van der Waals surface area contributed by atoms with Crippen LogP contribution in [0, 0.1) is 33.5 Å². The third-order valence-corrected chi connectivity index (χ3v) is 6.36. The number of rotatable bonds is 6. The molecule has 0 aliphatic rings. The van der Waals surface area contributed by atoms with Crippen LogP contribution in [0.15, 0.2) is 60.8 Å². The molecule has 7 nitrogen and oxygen atoms in total. The molecule has 0 aliphatic heterocycles. The Bertz CT molecular complexity index is 1560. The highest BCUT2D eigenvalue weighted by atomic mass is 19.1. The van der Waals surface area contributed by atoms with Gasteiger partial charge in [0.05, 0.1) is 29.3 Å². The van der Waals surface area contributed by atoms with Gasteiger partial charge in [-0.25, -0.2) is 14.1 Å². The molecule has 3 aromatic heterocycles. The van der Waals surface area contributed by atoms with Crippen LogP contribution in [0.4, 0.5) is 10.1 Å². The van der Waals surface area contributed by atoms with E-state index in [1.54, 1.807) is 23.0 Å². The number of halogens is 1. The maximum absolute atomic E-state index is 13.4. The molecule has 0 bridgehead atoms. The Morgan fingerprint density at radius 3 is 2.31 bits per heavy atom. The second-order valence-corrected chi connectivity index (χ2v) is 9.04. The molecule has 0 fully saturated rings. The van der Waals surface area contributed by atoms with Crippen LogP contribution in [0.3, 0.4) is 0 Å². The topological polar surface area (TPSA) is 77.6 Å². The number of benzene rings is 2. The number of carbonyl (C=O) groups excluding carboxylic acids is 1. The number of nitrogens with zero attached hydrogens (tertiary/aromatic N) is 5. The van der Waals surface area contributed by atoms with E-state index in [4.69, 9.17) is 0 Å². The van der Waals surface area contributed by atoms with Crippen LogP contribution in [0.5, 0.6) is 0 Å². The third kappa shape index (κ3) is 4.49. The maximum Gasteiger partial charge on any atom is 0.246 e. The van der Waals surface area contributed by atoms with Gasteiger partial charge in [-0.05, 0) is 62.6 Å². The second kappa shape index (κ2) is 9.37. The summed E-state index contributed by atoms with van der Waals surface area (Å²) in [4.78, 5) is 17.5. The fourth-order valence-electron chi connectivity index (χ4n) is 4.47. The largest absolute Gasteiger partial charge is 0.321 e. The number of amides is 1. The zero-order valence-electron chi connectivity index (χ0n) is 20.7. The van der Waals surface area contributed by atoms with Gasteiger partial charge in [0.2, 0.25) is 5.91 Å².